The van der Waals surface area contributed by atoms with Gasteiger partial charge in [0.2, 0.25) is 0 Å². The normalized spacial score (nSPS) is 20.3. The van der Waals surface area contributed by atoms with Crippen LogP contribution in [0.1, 0.15) is 33.1 Å². The molecule has 0 spiro atoms. The molecule has 1 unspecified atom stereocenters. The lowest BCUT2D eigenvalue weighted by Crippen LogP contribution is -2.15. The summed E-state index contributed by atoms with van der Waals surface area (Å²) in [6.07, 6.45) is 2.86. The van der Waals surface area contributed by atoms with Gasteiger partial charge in [-0.05, 0) is 30.6 Å². The van der Waals surface area contributed by atoms with Crippen LogP contribution in [0.3, 0.4) is 0 Å². The van der Waals surface area contributed by atoms with Crippen molar-refractivity contribution in [1.82, 2.24) is 0 Å². The van der Waals surface area contributed by atoms with E-state index in [0.717, 1.165) is 0 Å². The lowest BCUT2D eigenvalue weighted by molar-refractivity contribution is -0.138. The van der Waals surface area contributed by atoms with Crippen LogP contribution in [0.4, 0.5) is 0 Å². The fraction of sp³-hybridized carbons (Fsp3) is 0.889. The van der Waals surface area contributed by atoms with Crippen LogP contribution in [-0.2, 0) is 4.79 Å². The summed E-state index contributed by atoms with van der Waals surface area (Å²) in [5.74, 6) is 1.02. The van der Waals surface area contributed by atoms with Gasteiger partial charge in [-0.25, -0.2) is 0 Å². The minimum atomic E-state index is -0.643. The average molecular weight is 156 g/mol. The molecule has 1 aliphatic carbocycles. The van der Waals surface area contributed by atoms with Gasteiger partial charge in [0.05, 0.1) is 0 Å². The second-order valence-corrected chi connectivity index (χ2v) is 3.84. The van der Waals surface area contributed by atoms with Gasteiger partial charge >= 0.3 is 5.97 Å². The summed E-state index contributed by atoms with van der Waals surface area (Å²) in [6, 6.07) is 0. The highest BCUT2D eigenvalue weighted by molar-refractivity contribution is 5.67. The van der Waals surface area contributed by atoms with Gasteiger partial charge in [0.25, 0.3) is 0 Å². The van der Waals surface area contributed by atoms with Crippen molar-refractivity contribution < 1.29 is 9.90 Å². The summed E-state index contributed by atoms with van der Waals surface area (Å²) in [6.45, 7) is 4.23. The van der Waals surface area contributed by atoms with Crippen molar-refractivity contribution in [1.29, 1.82) is 0 Å². The van der Waals surface area contributed by atoms with E-state index in [0.29, 0.717) is 24.2 Å². The Morgan fingerprint density at radius 1 is 1.55 bits per heavy atom. The van der Waals surface area contributed by atoms with Gasteiger partial charge < -0.3 is 5.11 Å². The van der Waals surface area contributed by atoms with E-state index in [1.807, 2.05) is 0 Å². The van der Waals surface area contributed by atoms with E-state index in [4.69, 9.17) is 5.11 Å². The summed E-state index contributed by atoms with van der Waals surface area (Å²) in [5, 5.41) is 8.61. The summed E-state index contributed by atoms with van der Waals surface area (Å²) < 4.78 is 0. The number of carbonyl (C=O) groups is 1. The first kappa shape index (κ1) is 8.57. The van der Waals surface area contributed by atoms with Crippen molar-refractivity contribution >= 4 is 5.97 Å². The quantitative estimate of drug-likeness (QED) is 0.677. The molecular formula is C9H16O2. The lowest BCUT2D eigenvalue weighted by Gasteiger charge is -2.17. The molecule has 0 heterocycles. The molecule has 64 valence electrons. The highest BCUT2D eigenvalue weighted by Crippen LogP contribution is 2.42. The standard InChI is InChI=1S/C9H16O2/c1-6(2)8(5-9(10)11)7-3-4-7/h6-8H,3-5H2,1-2H3,(H,10,11). The van der Waals surface area contributed by atoms with E-state index in [1.54, 1.807) is 0 Å². The second kappa shape index (κ2) is 3.24. The maximum Gasteiger partial charge on any atom is 0.303 e. The van der Waals surface area contributed by atoms with Crippen molar-refractivity contribution in [2.45, 2.75) is 33.1 Å². The van der Waals surface area contributed by atoms with E-state index in [9.17, 15) is 4.79 Å². The topological polar surface area (TPSA) is 37.3 Å². The zero-order chi connectivity index (χ0) is 8.43. The van der Waals surface area contributed by atoms with Crippen LogP contribution >= 0.6 is 0 Å². The highest BCUT2D eigenvalue weighted by atomic mass is 16.4. The average Bonchev–Trinajstić information content (AvgIpc) is 2.63. The summed E-state index contributed by atoms with van der Waals surface area (Å²) >= 11 is 0. The van der Waals surface area contributed by atoms with Crippen LogP contribution in [0.15, 0.2) is 0 Å². The maximum atomic E-state index is 10.4. The Balaban J connectivity index is 2.38. The molecule has 0 aromatic rings. The number of hydrogen-bond donors (Lipinski definition) is 1. The van der Waals surface area contributed by atoms with Crippen LogP contribution in [0.5, 0.6) is 0 Å². The zero-order valence-electron chi connectivity index (χ0n) is 7.21. The third-order valence-electron chi connectivity index (χ3n) is 2.49. The smallest absolute Gasteiger partial charge is 0.303 e. The predicted molar refractivity (Wildman–Crippen MR) is 43.3 cm³/mol. The molecule has 0 aliphatic heterocycles. The molecule has 0 bridgehead atoms. The Morgan fingerprint density at radius 2 is 2.09 bits per heavy atom. The van der Waals surface area contributed by atoms with E-state index in [-0.39, 0.29) is 0 Å². The number of hydrogen-bond acceptors (Lipinski definition) is 1. The molecule has 1 aliphatic rings. The van der Waals surface area contributed by atoms with E-state index in [1.165, 1.54) is 12.8 Å². The molecule has 1 N–H and O–H groups in total. The van der Waals surface area contributed by atoms with E-state index in [2.05, 4.69) is 13.8 Å². The van der Waals surface area contributed by atoms with Crippen LogP contribution in [0.2, 0.25) is 0 Å². The third-order valence-corrected chi connectivity index (χ3v) is 2.49. The highest BCUT2D eigenvalue weighted by Gasteiger charge is 2.34. The number of rotatable bonds is 4. The van der Waals surface area contributed by atoms with E-state index >= 15 is 0 Å². The van der Waals surface area contributed by atoms with Gasteiger partial charge in [0.15, 0.2) is 0 Å². The number of carboxylic acids is 1. The first-order valence-corrected chi connectivity index (χ1v) is 4.33. The summed E-state index contributed by atoms with van der Waals surface area (Å²) in [4.78, 5) is 10.4. The predicted octanol–water partition coefficient (Wildman–Crippen LogP) is 2.14. The van der Waals surface area contributed by atoms with E-state index < -0.39 is 5.97 Å². The van der Waals surface area contributed by atoms with Gasteiger partial charge in [-0.15, -0.1) is 0 Å². The van der Waals surface area contributed by atoms with Crippen LogP contribution in [0.25, 0.3) is 0 Å². The van der Waals surface area contributed by atoms with Gasteiger partial charge in [0, 0.05) is 6.42 Å². The molecule has 0 radical (unpaired) electrons. The SMILES string of the molecule is CC(C)C(CC(=O)O)C1CC1. The Labute approximate surface area is 67.6 Å². The third kappa shape index (κ3) is 2.52. The fourth-order valence-corrected chi connectivity index (χ4v) is 1.67. The number of carboxylic acid groups (broad SMARTS) is 1. The molecule has 1 rings (SSSR count). The zero-order valence-corrected chi connectivity index (χ0v) is 7.21. The molecule has 0 aromatic heterocycles. The van der Waals surface area contributed by atoms with Gasteiger partial charge in [-0.1, -0.05) is 13.8 Å². The second-order valence-electron chi connectivity index (χ2n) is 3.84. The van der Waals surface area contributed by atoms with Crippen LogP contribution < -0.4 is 0 Å². The van der Waals surface area contributed by atoms with Gasteiger partial charge in [0.1, 0.15) is 0 Å². The maximum absolute atomic E-state index is 10.4. The molecule has 1 fully saturated rings. The van der Waals surface area contributed by atoms with Crippen molar-refractivity contribution in [3.8, 4) is 0 Å². The Morgan fingerprint density at radius 3 is 2.36 bits per heavy atom. The fourth-order valence-electron chi connectivity index (χ4n) is 1.67. The minimum absolute atomic E-state index is 0.363. The molecule has 0 amide bonds. The molecular weight excluding hydrogens is 140 g/mol. The molecule has 1 atom stereocenters. The minimum Gasteiger partial charge on any atom is -0.481 e. The largest absolute Gasteiger partial charge is 0.481 e. The summed E-state index contributed by atoms with van der Waals surface area (Å²) in [5.41, 5.74) is 0. The monoisotopic (exact) mass is 156 g/mol. The van der Waals surface area contributed by atoms with Gasteiger partial charge in [-0.3, -0.25) is 4.79 Å². The van der Waals surface area contributed by atoms with Crippen molar-refractivity contribution in [2.75, 3.05) is 0 Å². The lowest BCUT2D eigenvalue weighted by atomic mass is 9.88. The van der Waals surface area contributed by atoms with Crippen LogP contribution in [-0.4, -0.2) is 11.1 Å². The number of aliphatic carboxylic acids is 1. The molecule has 11 heavy (non-hydrogen) atoms. The first-order chi connectivity index (χ1) is 5.11. The Kier molecular flexibility index (Phi) is 2.53. The summed E-state index contributed by atoms with van der Waals surface area (Å²) in [7, 11) is 0. The van der Waals surface area contributed by atoms with Crippen molar-refractivity contribution in [3.63, 3.8) is 0 Å². The molecule has 0 saturated heterocycles. The first-order valence-electron chi connectivity index (χ1n) is 4.33. The molecule has 2 heteroatoms. The van der Waals surface area contributed by atoms with Crippen LogP contribution in [0, 0.1) is 17.8 Å². The molecule has 2 nitrogen and oxygen atoms in total. The molecule has 0 aromatic carbocycles. The molecule has 1 saturated carbocycles. The van der Waals surface area contributed by atoms with Gasteiger partial charge in [-0.2, -0.15) is 0 Å². The van der Waals surface area contributed by atoms with Crippen molar-refractivity contribution in [3.05, 3.63) is 0 Å². The Hall–Kier alpha value is -0.530. The Bertz CT molecular complexity index is 146. The van der Waals surface area contributed by atoms with Crippen molar-refractivity contribution in [2.24, 2.45) is 17.8 Å².